The van der Waals surface area contributed by atoms with Crippen LogP contribution >= 0.6 is 11.6 Å². The molecule has 16 heterocycles. The number of aromatic nitrogens is 12. The molecule has 1 aliphatic carbocycles. The maximum atomic E-state index is 14.0. The molecule has 5 fully saturated rings. The Morgan fingerprint density at radius 1 is 0.475 bits per heavy atom. The van der Waals surface area contributed by atoms with E-state index in [1.165, 1.54) is 53.2 Å². The fraction of sp³-hybridized carbons (Fsp3) is 0.345. The molecule has 5 aliphatic rings. The summed E-state index contributed by atoms with van der Waals surface area (Å²) in [6.45, 7) is 9.16. The number of ether oxygens (including phenoxy) is 1. The standard InChI is InChI=1S/C22H24FN5O2.C21H21F2N5O3S.C21H21F2N5O3.C20H19ClFN5O2/c1-3-24-20(29)16-4-5-18(25-13-16)28-9-6-15-12-17(14-26-19(15)28)21(30)27-10-7-22(2,23)8-11-27;22-21(23)4-7-27(8-5-21)20(29)15-9-14-3-6-28(19(14)25-11-15)17-10-16(12-24-13-17)26-32(30,31)18-1-2-18;1-2-31-20(30)26-16-10-17(13-24-12-16)28-6-3-14-9-15(11-25-18(14)28)19(29)27-7-4-21(22,23)5-8-27;1-20(22)2-4-26(5-3-20)19(29)13-7-15-16(21)11-27(18(15)25-9-13)14-6-12(17(23)28)8-24-10-14/h4-6,9,12-14H,3,7-8,10-11H2,1-2H3,(H,24,29);3,6,9-13,18,26H,1-2,4-5,7-8H2;3,6,9-13H,2,4-5,7-8H2,1H3,(H,26,30);6-11H,2-5H2,1H3,(H2,23,28). The highest BCUT2D eigenvalue weighted by molar-refractivity contribution is 7.93. The lowest BCUT2D eigenvalue weighted by Gasteiger charge is -2.34. The van der Waals surface area contributed by atoms with E-state index in [4.69, 9.17) is 22.1 Å². The Morgan fingerprint density at radius 3 is 1.33 bits per heavy atom. The minimum atomic E-state index is -3.41. The molecule has 5 N–H and O–H groups in total. The van der Waals surface area contributed by atoms with Crippen molar-refractivity contribution in [2.24, 2.45) is 5.73 Å². The van der Waals surface area contributed by atoms with Gasteiger partial charge in [-0.25, -0.2) is 64.5 Å². The highest BCUT2D eigenvalue weighted by Gasteiger charge is 2.40. The van der Waals surface area contributed by atoms with Gasteiger partial charge in [0.2, 0.25) is 15.9 Å². The highest BCUT2D eigenvalue weighted by Crippen LogP contribution is 2.36. The number of nitrogens with two attached hydrogens (primary N) is 1. The van der Waals surface area contributed by atoms with Crippen LogP contribution < -0.4 is 21.1 Å². The van der Waals surface area contributed by atoms with Gasteiger partial charge in [-0.3, -0.25) is 72.0 Å². The summed E-state index contributed by atoms with van der Waals surface area (Å²) in [7, 11) is -3.41. The second-order valence-corrected chi connectivity index (χ2v) is 33.1. The maximum absolute atomic E-state index is 14.0. The highest BCUT2D eigenvalue weighted by atomic mass is 35.5. The SMILES string of the molecule is CC1(F)CCN(C(=O)c2cnc3c(c2)c(Cl)cn3-c2cncc(C(N)=O)c2)CC1.CCNC(=O)c1ccc(-n2ccc3cc(C(=O)N4CCC(C)(F)CC4)cnc32)nc1.CCOC(=O)Nc1cncc(-n2ccc3cc(C(=O)N4CCC(F)(F)CC4)cnc32)c1.O=C(c1cnc2c(ccn2-c2cncc(NS(=O)(=O)C3CC3)c2)c1)N1CCC(F)(F)CC1. The van der Waals surface area contributed by atoms with Gasteiger partial charge in [0, 0.05) is 168 Å². The van der Waals surface area contributed by atoms with E-state index in [9.17, 15) is 68.3 Å². The Balaban J connectivity index is 0.000000133. The number of piperidine rings is 4. The predicted molar refractivity (Wildman–Crippen MR) is 443 cm³/mol. The van der Waals surface area contributed by atoms with Crippen LogP contribution in [-0.2, 0) is 14.8 Å². The molecule has 7 amide bonds. The fourth-order valence-corrected chi connectivity index (χ4v) is 15.9. The van der Waals surface area contributed by atoms with E-state index in [0.717, 1.165) is 10.8 Å². The molecular weight excluding hydrogens is 1630 g/mol. The molecule has 0 unspecified atom stereocenters. The molecule has 12 aromatic heterocycles. The molecule has 0 bridgehead atoms. The lowest BCUT2D eigenvalue weighted by atomic mass is 9.95. The summed E-state index contributed by atoms with van der Waals surface area (Å²) in [6, 6.07) is 20.8. The number of nitrogens with zero attached hydrogens (tertiary/aromatic N) is 16. The molecule has 0 spiro atoms. The Hall–Kier alpha value is -12.9. The third kappa shape index (κ3) is 19.9. The van der Waals surface area contributed by atoms with Crippen molar-refractivity contribution in [1.29, 1.82) is 0 Å². The monoisotopic (exact) mass is 1710 g/mol. The van der Waals surface area contributed by atoms with Crippen LogP contribution in [0.1, 0.15) is 154 Å². The molecule has 38 heteroatoms. The topological polar surface area (TPSA) is 361 Å². The Labute approximate surface area is 699 Å². The second-order valence-electron chi connectivity index (χ2n) is 30.7. The number of rotatable bonds is 16. The molecule has 4 aliphatic heterocycles. The molecule has 0 atom stereocenters. The first kappa shape index (κ1) is 85.5. The average Bonchev–Trinajstić information content (AvgIpc) is 1.77. The minimum Gasteiger partial charge on any atom is -0.450 e. The third-order valence-corrected chi connectivity index (χ3v) is 23.7. The number of likely N-dealkylation sites (tertiary alicyclic amines) is 4. The summed E-state index contributed by atoms with van der Waals surface area (Å²) in [5.74, 6) is -6.50. The van der Waals surface area contributed by atoms with Crippen LogP contribution in [0.15, 0.2) is 166 Å². The van der Waals surface area contributed by atoms with Gasteiger partial charge in [0.1, 0.15) is 39.7 Å². The number of nitrogens with one attached hydrogen (secondary N) is 3. The number of sulfonamides is 1. The van der Waals surface area contributed by atoms with Gasteiger partial charge in [0.25, 0.3) is 41.4 Å². The van der Waals surface area contributed by atoms with Gasteiger partial charge in [-0.2, -0.15) is 0 Å². The molecule has 4 saturated heterocycles. The van der Waals surface area contributed by atoms with Crippen LogP contribution in [0.4, 0.5) is 42.5 Å². The zero-order valence-electron chi connectivity index (χ0n) is 66.7. The minimum absolute atomic E-state index is 0.0140. The van der Waals surface area contributed by atoms with E-state index < -0.39 is 45.2 Å². The van der Waals surface area contributed by atoms with Crippen molar-refractivity contribution in [2.75, 3.05) is 75.5 Å². The van der Waals surface area contributed by atoms with Crippen molar-refractivity contribution < 1.29 is 73.1 Å². The van der Waals surface area contributed by atoms with Crippen LogP contribution in [0, 0.1) is 0 Å². The molecule has 0 aromatic carbocycles. The first-order valence-corrected chi connectivity index (χ1v) is 41.4. The largest absolute Gasteiger partial charge is 0.450 e. The van der Waals surface area contributed by atoms with E-state index in [-0.39, 0.29) is 98.8 Å². The zero-order valence-corrected chi connectivity index (χ0v) is 68.2. The van der Waals surface area contributed by atoms with Crippen molar-refractivity contribution in [3.63, 3.8) is 0 Å². The molecule has 17 rings (SSSR count). The van der Waals surface area contributed by atoms with Crippen LogP contribution in [0.5, 0.6) is 0 Å². The summed E-state index contributed by atoms with van der Waals surface area (Å²) < 4.78 is 120. The van der Waals surface area contributed by atoms with Crippen molar-refractivity contribution in [2.45, 2.75) is 120 Å². The quantitative estimate of drug-likeness (QED) is 0.0653. The van der Waals surface area contributed by atoms with Crippen molar-refractivity contribution in [1.82, 2.24) is 83.1 Å². The number of halogens is 7. The van der Waals surface area contributed by atoms with Gasteiger partial charge >= 0.3 is 6.09 Å². The normalized spacial score (nSPS) is 16.6. The van der Waals surface area contributed by atoms with Crippen LogP contribution in [0.25, 0.3) is 67.0 Å². The van der Waals surface area contributed by atoms with Crippen molar-refractivity contribution >= 4 is 119 Å². The number of anilines is 2. The number of alkyl halides is 6. The van der Waals surface area contributed by atoms with Gasteiger partial charge in [-0.05, 0) is 139 Å². The summed E-state index contributed by atoms with van der Waals surface area (Å²) >= 11 is 6.38. The predicted octanol–water partition coefficient (Wildman–Crippen LogP) is 13.3. The fourth-order valence-electron chi connectivity index (χ4n) is 14.3. The lowest BCUT2D eigenvalue weighted by Crippen LogP contribution is -2.43. The van der Waals surface area contributed by atoms with Crippen LogP contribution in [-0.4, -0.2) is 222 Å². The molecule has 636 valence electrons. The number of fused-ring (bicyclic) bond motifs is 4. The van der Waals surface area contributed by atoms with Gasteiger partial charge in [0.15, 0.2) is 0 Å². The van der Waals surface area contributed by atoms with Gasteiger partial charge < -0.3 is 35.4 Å². The zero-order chi connectivity index (χ0) is 86.6. The number of pyridine rings is 8. The van der Waals surface area contributed by atoms with E-state index in [2.05, 4.69) is 55.2 Å². The maximum Gasteiger partial charge on any atom is 0.411 e. The van der Waals surface area contributed by atoms with Crippen LogP contribution in [0.3, 0.4) is 0 Å². The number of hydrogen-bond donors (Lipinski definition) is 4. The molecular formula is C84H85ClF6N20O10S. The Morgan fingerprint density at radius 2 is 0.885 bits per heavy atom. The van der Waals surface area contributed by atoms with E-state index in [0.29, 0.717) is 172 Å². The molecule has 1 saturated carbocycles. The van der Waals surface area contributed by atoms with E-state index in [1.807, 2.05) is 19.2 Å². The number of amides is 7. The van der Waals surface area contributed by atoms with E-state index >= 15 is 0 Å². The summed E-state index contributed by atoms with van der Waals surface area (Å²) in [4.78, 5) is 127. The summed E-state index contributed by atoms with van der Waals surface area (Å²) in [5.41, 5.74) is 10.2. The van der Waals surface area contributed by atoms with Crippen LogP contribution in [0.2, 0.25) is 5.02 Å². The van der Waals surface area contributed by atoms with Gasteiger partial charge in [0.05, 0.1) is 110 Å². The molecule has 30 nitrogen and oxygen atoms in total. The second kappa shape index (κ2) is 35.4. The number of carbonyl (C=O) groups is 7. The summed E-state index contributed by atoms with van der Waals surface area (Å²) in [6.07, 6.45) is 24.3. The number of primary amides is 1. The number of carbonyl (C=O) groups excluding carboxylic acids is 7. The lowest BCUT2D eigenvalue weighted by molar-refractivity contribution is -0.0503. The molecule has 122 heavy (non-hydrogen) atoms. The Kier molecular flexibility index (Phi) is 24.8. The third-order valence-electron chi connectivity index (χ3n) is 21.5. The van der Waals surface area contributed by atoms with Crippen molar-refractivity contribution in [3.05, 3.63) is 204 Å². The number of hydrogen-bond acceptors (Lipinski definition) is 18. The first-order chi connectivity index (χ1) is 58.2. The smallest absolute Gasteiger partial charge is 0.411 e. The summed E-state index contributed by atoms with van der Waals surface area (Å²) in [5, 5.41) is 8.21. The molecule has 12 aromatic rings. The average molecular weight is 1720 g/mol. The van der Waals surface area contributed by atoms with E-state index in [1.54, 1.807) is 159 Å². The van der Waals surface area contributed by atoms with Crippen molar-refractivity contribution in [3.8, 4) is 22.9 Å². The Bertz CT molecular complexity index is 6080. The van der Waals surface area contributed by atoms with Gasteiger partial charge in [-0.15, -0.1) is 0 Å². The molecule has 0 radical (unpaired) electrons. The van der Waals surface area contributed by atoms with Gasteiger partial charge in [-0.1, -0.05) is 11.6 Å². The first-order valence-electron chi connectivity index (χ1n) is 39.5.